The van der Waals surface area contributed by atoms with Crippen LogP contribution in [0.15, 0.2) is 47.2 Å². The number of nitrogens with zero attached hydrogens (tertiary/aromatic N) is 5. The lowest BCUT2D eigenvalue weighted by atomic mass is 10.1. The van der Waals surface area contributed by atoms with Gasteiger partial charge in [0.25, 0.3) is 0 Å². The third-order valence-corrected chi connectivity index (χ3v) is 7.57. The lowest BCUT2D eigenvalue weighted by molar-refractivity contribution is 0.166. The van der Waals surface area contributed by atoms with Crippen molar-refractivity contribution in [3.05, 3.63) is 53.7 Å². The van der Waals surface area contributed by atoms with Crippen molar-refractivity contribution in [3.8, 4) is 17.0 Å². The Morgan fingerprint density at radius 1 is 1.09 bits per heavy atom. The molecule has 1 aliphatic rings. The fourth-order valence-electron chi connectivity index (χ4n) is 3.97. The van der Waals surface area contributed by atoms with Crippen LogP contribution in [0.4, 0.5) is 10.3 Å². The van der Waals surface area contributed by atoms with Crippen molar-refractivity contribution in [2.45, 2.75) is 37.2 Å². The summed E-state index contributed by atoms with van der Waals surface area (Å²) in [6.07, 6.45) is 9.93. The molecule has 0 aliphatic carbocycles. The number of piperidine rings is 1. The molecule has 4 aromatic rings. The van der Waals surface area contributed by atoms with Crippen molar-refractivity contribution < 1.29 is 20.1 Å². The zero-order valence-corrected chi connectivity index (χ0v) is 21.1. The number of aromatic nitrogens is 4. The highest BCUT2D eigenvalue weighted by Crippen LogP contribution is 2.38. The smallest absolute Gasteiger partial charge is 0.235 e. The van der Waals surface area contributed by atoms with Crippen LogP contribution >= 0.6 is 23.1 Å². The number of ether oxygens (including phenoxy) is 1. The number of fused-ring (bicyclic) bond motifs is 1. The van der Waals surface area contributed by atoms with Crippen LogP contribution < -0.4 is 9.64 Å². The molecular weight excluding hydrogens is 489 g/mol. The first kappa shape index (κ1) is 26.7. The van der Waals surface area contributed by atoms with Crippen molar-refractivity contribution in [2.75, 3.05) is 24.2 Å². The maximum atomic E-state index is 14.7. The molecule has 4 heterocycles. The number of thioether (sulfide) groups is 1. The molecule has 0 amide bonds. The van der Waals surface area contributed by atoms with Crippen molar-refractivity contribution in [1.29, 1.82) is 0 Å². The fraction of sp³-hybridized carbons (Fsp3) is 0.333. The molecule has 8 nitrogen and oxygen atoms in total. The first-order valence-electron chi connectivity index (χ1n) is 10.9. The molecule has 1 saturated heterocycles. The summed E-state index contributed by atoms with van der Waals surface area (Å²) in [5.74, 6) is 1.09. The van der Waals surface area contributed by atoms with Gasteiger partial charge in [0.05, 0.1) is 5.52 Å². The van der Waals surface area contributed by atoms with Crippen LogP contribution in [0.3, 0.4) is 0 Å². The predicted octanol–water partition coefficient (Wildman–Crippen LogP) is 3.97. The molecule has 4 N–H and O–H groups in total. The second-order valence-electron chi connectivity index (χ2n) is 7.90. The highest BCUT2D eigenvalue weighted by Gasteiger charge is 2.24. The Labute approximate surface area is 211 Å². The molecule has 5 rings (SSSR count). The van der Waals surface area contributed by atoms with Gasteiger partial charge in [-0.3, -0.25) is 0 Å². The summed E-state index contributed by atoms with van der Waals surface area (Å²) in [5.41, 5.74) is 3.18. The predicted molar refractivity (Wildman–Crippen MR) is 139 cm³/mol. The molecule has 0 saturated carbocycles. The van der Waals surface area contributed by atoms with Crippen molar-refractivity contribution in [1.82, 2.24) is 19.9 Å². The van der Waals surface area contributed by atoms with E-state index < -0.39 is 0 Å². The maximum absolute atomic E-state index is 14.7. The summed E-state index contributed by atoms with van der Waals surface area (Å²) < 4.78 is 21.9. The molecule has 1 fully saturated rings. The van der Waals surface area contributed by atoms with Crippen LogP contribution in [0.25, 0.3) is 21.3 Å². The number of benzene rings is 1. The number of rotatable bonds is 6. The van der Waals surface area contributed by atoms with E-state index in [-0.39, 0.29) is 22.9 Å². The molecule has 0 radical (unpaired) electrons. The summed E-state index contributed by atoms with van der Waals surface area (Å²) in [5, 5.41) is 1.93. The van der Waals surface area contributed by atoms with Crippen molar-refractivity contribution in [2.24, 2.45) is 0 Å². The minimum atomic E-state index is -0.246. The Balaban J connectivity index is 0.00000171. The van der Waals surface area contributed by atoms with Gasteiger partial charge in [0.1, 0.15) is 22.9 Å². The van der Waals surface area contributed by atoms with E-state index in [2.05, 4.69) is 31.8 Å². The van der Waals surface area contributed by atoms with E-state index in [9.17, 15) is 4.39 Å². The quantitative estimate of drug-likeness (QED) is 0.354. The molecule has 186 valence electrons. The molecule has 35 heavy (non-hydrogen) atoms. The third-order valence-electron chi connectivity index (χ3n) is 5.89. The lowest BCUT2D eigenvalue weighted by Gasteiger charge is -2.31. The Kier molecular flexibility index (Phi) is 8.95. The normalized spacial score (nSPS) is 13.9. The van der Waals surface area contributed by atoms with E-state index in [0.29, 0.717) is 11.4 Å². The summed E-state index contributed by atoms with van der Waals surface area (Å²) in [6.45, 7) is 3.75. The summed E-state index contributed by atoms with van der Waals surface area (Å²) in [6, 6.07) is 5.31. The summed E-state index contributed by atoms with van der Waals surface area (Å²) in [4.78, 5) is 20.9. The number of aryl methyl sites for hydroxylation is 1. The second kappa shape index (κ2) is 11.7. The van der Waals surface area contributed by atoms with E-state index in [1.54, 1.807) is 6.07 Å². The molecule has 3 aromatic heterocycles. The molecule has 0 unspecified atom stereocenters. The van der Waals surface area contributed by atoms with Gasteiger partial charge < -0.3 is 20.6 Å². The number of halogens is 1. The van der Waals surface area contributed by atoms with Crippen LogP contribution in [0.2, 0.25) is 0 Å². The van der Waals surface area contributed by atoms with E-state index in [1.165, 1.54) is 29.4 Å². The van der Waals surface area contributed by atoms with E-state index in [0.717, 1.165) is 64.5 Å². The van der Waals surface area contributed by atoms with Crippen LogP contribution in [0.1, 0.15) is 25.3 Å². The first-order chi connectivity index (χ1) is 16.2. The number of anilines is 1. The highest BCUT2D eigenvalue weighted by atomic mass is 32.2. The summed E-state index contributed by atoms with van der Waals surface area (Å²) in [7, 11) is 0. The zero-order chi connectivity index (χ0) is 22.8. The standard InChI is InChI=1S/C24H24FN5OS2.2H2O/c1-3-15-11-26-24(27-12-15)30-8-6-16(7-9-30)31-23-22-21(28-14-29-23)19(13-33-22)18-5-4-17(32-2)10-20(18)25;;/h4-5,10-14,16H,3,6-9H2,1-2H3;2*1H2. The minimum absolute atomic E-state index is 0. The Morgan fingerprint density at radius 3 is 2.49 bits per heavy atom. The minimum Gasteiger partial charge on any atom is -0.473 e. The van der Waals surface area contributed by atoms with Crippen LogP contribution in [0, 0.1) is 5.82 Å². The van der Waals surface area contributed by atoms with E-state index in [4.69, 9.17) is 4.74 Å². The number of hydrogen-bond donors (Lipinski definition) is 0. The van der Waals surface area contributed by atoms with Gasteiger partial charge in [-0.25, -0.2) is 24.3 Å². The molecular formula is C24H28FN5O3S2. The average molecular weight is 518 g/mol. The SMILES string of the molecule is CCc1cnc(N2CCC(Oc3ncnc4c(-c5ccc(SC)cc5F)csc34)CC2)nc1.O.O. The van der Waals surface area contributed by atoms with Gasteiger partial charge in [0.15, 0.2) is 0 Å². The van der Waals surface area contributed by atoms with Gasteiger partial charge in [0.2, 0.25) is 11.8 Å². The van der Waals surface area contributed by atoms with Gasteiger partial charge in [-0.05, 0) is 30.4 Å². The third kappa shape index (κ3) is 5.53. The average Bonchev–Trinajstić information content (AvgIpc) is 3.29. The van der Waals surface area contributed by atoms with Gasteiger partial charge in [-0.2, -0.15) is 0 Å². The van der Waals surface area contributed by atoms with Gasteiger partial charge in [-0.15, -0.1) is 23.1 Å². The lowest BCUT2D eigenvalue weighted by Crippen LogP contribution is -2.39. The topological polar surface area (TPSA) is 127 Å². The molecule has 0 atom stereocenters. The van der Waals surface area contributed by atoms with Gasteiger partial charge >= 0.3 is 0 Å². The molecule has 11 heteroatoms. The maximum Gasteiger partial charge on any atom is 0.235 e. The van der Waals surface area contributed by atoms with Crippen LogP contribution in [-0.4, -0.2) is 56.3 Å². The van der Waals surface area contributed by atoms with Gasteiger partial charge in [-0.1, -0.05) is 13.0 Å². The van der Waals surface area contributed by atoms with Crippen molar-refractivity contribution in [3.63, 3.8) is 0 Å². The van der Waals surface area contributed by atoms with E-state index in [1.807, 2.05) is 36.2 Å². The monoisotopic (exact) mass is 517 g/mol. The van der Waals surface area contributed by atoms with Crippen molar-refractivity contribution >= 4 is 39.3 Å². The zero-order valence-electron chi connectivity index (χ0n) is 19.5. The molecule has 0 bridgehead atoms. The molecule has 1 aliphatic heterocycles. The number of hydrogen-bond acceptors (Lipinski definition) is 8. The molecule has 0 spiro atoms. The Bertz CT molecular complexity index is 1260. The Hall–Kier alpha value is -2.86. The fourth-order valence-corrected chi connectivity index (χ4v) is 5.35. The summed E-state index contributed by atoms with van der Waals surface area (Å²) >= 11 is 3.01. The second-order valence-corrected chi connectivity index (χ2v) is 9.66. The molecule has 1 aromatic carbocycles. The Morgan fingerprint density at radius 2 is 1.83 bits per heavy atom. The van der Waals surface area contributed by atoms with Crippen LogP contribution in [-0.2, 0) is 6.42 Å². The first-order valence-corrected chi connectivity index (χ1v) is 13.0. The van der Waals surface area contributed by atoms with Crippen LogP contribution in [0.5, 0.6) is 5.88 Å². The highest BCUT2D eigenvalue weighted by molar-refractivity contribution is 7.98. The largest absolute Gasteiger partial charge is 0.473 e. The van der Waals surface area contributed by atoms with E-state index >= 15 is 0 Å². The van der Waals surface area contributed by atoms with Gasteiger partial charge in [0, 0.05) is 59.7 Å². The number of thiophene rings is 1.